The molecule has 0 saturated carbocycles. The minimum atomic E-state index is -3.09. The van der Waals surface area contributed by atoms with Crippen molar-refractivity contribution in [2.75, 3.05) is 0 Å². The number of alkyl halides is 2. The molecule has 2 aromatic rings. The number of hydrogen-bond donors (Lipinski definition) is 0. The number of ether oxygens (including phenoxy) is 1. The predicted molar refractivity (Wildman–Crippen MR) is 84.3 cm³/mol. The molecule has 2 aromatic carbocycles. The van der Waals surface area contributed by atoms with E-state index < -0.39 is 18.0 Å². The highest BCUT2D eigenvalue weighted by Gasteiger charge is 2.60. The Morgan fingerprint density at radius 3 is 2.26 bits per heavy atom. The molecule has 0 aliphatic heterocycles. The maximum atomic E-state index is 14.3. The van der Waals surface area contributed by atoms with Crippen LogP contribution in [0.25, 0.3) is 5.57 Å². The Morgan fingerprint density at radius 1 is 1.09 bits per heavy atom. The molecule has 0 amide bonds. The first-order valence-electron chi connectivity index (χ1n) is 7.02. The second kappa shape index (κ2) is 5.78. The molecule has 0 aromatic heterocycles. The zero-order valence-electron chi connectivity index (χ0n) is 12.2. The second-order valence-corrected chi connectivity index (χ2v) is 5.71. The van der Waals surface area contributed by atoms with Gasteiger partial charge in [-0.05, 0) is 23.3 Å². The largest absolute Gasteiger partial charge is 0.453 e. The minimum Gasteiger partial charge on any atom is -0.453 e. The van der Waals surface area contributed by atoms with E-state index in [1.165, 1.54) is 19.1 Å². The van der Waals surface area contributed by atoms with Gasteiger partial charge in [0.2, 0.25) is 0 Å². The molecule has 0 saturated heterocycles. The van der Waals surface area contributed by atoms with Gasteiger partial charge >= 0.3 is 5.97 Å². The first-order valence-corrected chi connectivity index (χ1v) is 7.40. The molecule has 23 heavy (non-hydrogen) atoms. The third kappa shape index (κ3) is 2.99. The molecule has 0 fully saturated rings. The van der Waals surface area contributed by atoms with Gasteiger partial charge in [0, 0.05) is 17.5 Å². The highest BCUT2D eigenvalue weighted by molar-refractivity contribution is 6.30. The van der Waals surface area contributed by atoms with Gasteiger partial charge in [-0.3, -0.25) is 4.79 Å². The van der Waals surface area contributed by atoms with Crippen molar-refractivity contribution in [3.8, 4) is 0 Å². The van der Waals surface area contributed by atoms with Crippen molar-refractivity contribution in [1.29, 1.82) is 0 Å². The summed E-state index contributed by atoms with van der Waals surface area (Å²) in [4.78, 5) is 11.4. The highest BCUT2D eigenvalue weighted by atomic mass is 35.5. The molecule has 0 heterocycles. The van der Waals surface area contributed by atoms with E-state index in [2.05, 4.69) is 0 Å². The first kappa shape index (κ1) is 15.7. The van der Waals surface area contributed by atoms with Crippen LogP contribution in [0.5, 0.6) is 0 Å². The Bertz CT molecular complexity index is 767. The van der Waals surface area contributed by atoms with Gasteiger partial charge in [-0.2, -0.15) is 8.78 Å². The van der Waals surface area contributed by atoms with Crippen LogP contribution in [0.3, 0.4) is 0 Å². The van der Waals surface area contributed by atoms with Gasteiger partial charge in [-0.15, -0.1) is 0 Å². The summed E-state index contributed by atoms with van der Waals surface area (Å²) in [7, 11) is 0. The van der Waals surface area contributed by atoms with E-state index in [1.807, 2.05) is 0 Å². The molecule has 1 unspecified atom stereocenters. The summed E-state index contributed by atoms with van der Waals surface area (Å²) in [6, 6.07) is 14.7. The fourth-order valence-corrected chi connectivity index (χ4v) is 2.71. The number of esters is 1. The summed E-state index contributed by atoms with van der Waals surface area (Å²) < 4.78 is 33.8. The van der Waals surface area contributed by atoms with Crippen LogP contribution < -0.4 is 0 Å². The summed E-state index contributed by atoms with van der Waals surface area (Å²) in [5.74, 6) is -3.70. The van der Waals surface area contributed by atoms with Crippen LogP contribution in [0.15, 0.2) is 60.2 Å². The van der Waals surface area contributed by atoms with E-state index in [-0.39, 0.29) is 11.1 Å². The standard InChI is InChI=1S/C18H13ClF2O2/c1-11(22)23-17(13-5-3-2-4-6-13)16-15(18(16,20)21)12-7-9-14(19)10-8-12/h2-10,17H,1H3. The van der Waals surface area contributed by atoms with Crippen molar-refractivity contribution in [3.63, 3.8) is 0 Å². The SMILES string of the molecule is CC(=O)OC(C1=C(c2ccc(Cl)cc2)C1(F)F)c1ccccc1. The second-order valence-electron chi connectivity index (χ2n) is 5.27. The lowest BCUT2D eigenvalue weighted by atomic mass is 10.1. The number of halogens is 3. The highest BCUT2D eigenvalue weighted by Crippen LogP contribution is 2.60. The molecule has 0 N–H and O–H groups in total. The fraction of sp³-hybridized carbons (Fsp3) is 0.167. The van der Waals surface area contributed by atoms with Crippen molar-refractivity contribution >= 4 is 23.1 Å². The maximum absolute atomic E-state index is 14.3. The molecule has 1 atom stereocenters. The number of carbonyl (C=O) groups is 1. The van der Waals surface area contributed by atoms with Crippen molar-refractivity contribution in [3.05, 3.63) is 76.3 Å². The molecule has 0 radical (unpaired) electrons. The number of rotatable bonds is 4. The lowest BCUT2D eigenvalue weighted by molar-refractivity contribution is -0.145. The fourth-order valence-electron chi connectivity index (χ4n) is 2.59. The van der Waals surface area contributed by atoms with Crippen LogP contribution in [0.4, 0.5) is 8.78 Å². The van der Waals surface area contributed by atoms with Gasteiger partial charge in [-0.25, -0.2) is 0 Å². The Hall–Kier alpha value is -2.20. The Kier molecular flexibility index (Phi) is 3.94. The summed E-state index contributed by atoms with van der Waals surface area (Å²) in [6.45, 7) is 1.21. The van der Waals surface area contributed by atoms with Crippen LogP contribution in [-0.4, -0.2) is 11.9 Å². The average molecular weight is 335 g/mol. The zero-order chi connectivity index (χ0) is 16.6. The maximum Gasteiger partial charge on any atom is 0.303 e. The smallest absolute Gasteiger partial charge is 0.303 e. The molecule has 3 rings (SSSR count). The van der Waals surface area contributed by atoms with Crippen LogP contribution in [-0.2, 0) is 9.53 Å². The number of hydrogen-bond acceptors (Lipinski definition) is 2. The summed E-state index contributed by atoms with van der Waals surface area (Å²) in [6.07, 6.45) is -1.09. The van der Waals surface area contributed by atoms with Gasteiger partial charge in [0.15, 0.2) is 6.10 Å². The van der Waals surface area contributed by atoms with E-state index >= 15 is 0 Å². The van der Waals surface area contributed by atoms with Gasteiger partial charge in [0.05, 0.1) is 5.57 Å². The number of allylic oxidation sites excluding steroid dienone is 1. The molecule has 0 bridgehead atoms. The van der Waals surface area contributed by atoms with Crippen LogP contribution in [0, 0.1) is 0 Å². The van der Waals surface area contributed by atoms with E-state index in [9.17, 15) is 13.6 Å². The quantitative estimate of drug-likeness (QED) is 0.732. The van der Waals surface area contributed by atoms with Crippen LogP contribution >= 0.6 is 11.6 Å². The summed E-state index contributed by atoms with van der Waals surface area (Å²) in [5.41, 5.74) is 0.606. The topological polar surface area (TPSA) is 26.3 Å². The van der Waals surface area contributed by atoms with Crippen molar-refractivity contribution in [1.82, 2.24) is 0 Å². The molecular weight excluding hydrogens is 322 g/mol. The minimum absolute atomic E-state index is 0.107. The van der Waals surface area contributed by atoms with Crippen LogP contribution in [0.1, 0.15) is 24.2 Å². The number of benzene rings is 2. The molecule has 2 nitrogen and oxygen atoms in total. The normalized spacial score (nSPS) is 16.9. The number of carbonyl (C=O) groups excluding carboxylic acids is 1. The third-order valence-corrected chi connectivity index (χ3v) is 3.89. The van der Waals surface area contributed by atoms with E-state index in [0.717, 1.165) is 0 Å². The van der Waals surface area contributed by atoms with E-state index in [0.29, 0.717) is 16.1 Å². The first-order chi connectivity index (χ1) is 10.9. The summed E-state index contributed by atoms with van der Waals surface area (Å²) in [5, 5.41) is 0.472. The molecule has 118 valence electrons. The molecule has 5 heteroatoms. The lowest BCUT2D eigenvalue weighted by Crippen LogP contribution is -2.12. The molecular formula is C18H13ClF2O2. The van der Waals surface area contributed by atoms with Crippen LogP contribution in [0.2, 0.25) is 5.02 Å². The summed E-state index contributed by atoms with van der Waals surface area (Å²) >= 11 is 5.80. The molecule has 0 spiro atoms. The molecule has 1 aliphatic carbocycles. The average Bonchev–Trinajstić information content (AvgIpc) is 3.08. The third-order valence-electron chi connectivity index (χ3n) is 3.64. The Morgan fingerprint density at radius 2 is 1.70 bits per heavy atom. The Labute approximate surface area is 137 Å². The lowest BCUT2D eigenvalue weighted by Gasteiger charge is -2.15. The zero-order valence-corrected chi connectivity index (χ0v) is 13.0. The Balaban J connectivity index is 2.04. The van der Waals surface area contributed by atoms with Gasteiger partial charge in [0.1, 0.15) is 0 Å². The van der Waals surface area contributed by atoms with Gasteiger partial charge in [0.25, 0.3) is 5.92 Å². The van der Waals surface area contributed by atoms with E-state index in [1.54, 1.807) is 42.5 Å². The van der Waals surface area contributed by atoms with Crippen molar-refractivity contribution in [2.24, 2.45) is 0 Å². The van der Waals surface area contributed by atoms with E-state index in [4.69, 9.17) is 16.3 Å². The van der Waals surface area contributed by atoms with Crippen molar-refractivity contribution < 1.29 is 18.3 Å². The predicted octanol–water partition coefficient (Wildman–Crippen LogP) is 5.05. The molecule has 1 aliphatic rings. The monoisotopic (exact) mass is 334 g/mol. The van der Waals surface area contributed by atoms with Gasteiger partial charge in [-0.1, -0.05) is 54.1 Å². The van der Waals surface area contributed by atoms with Crippen molar-refractivity contribution in [2.45, 2.75) is 19.0 Å². The van der Waals surface area contributed by atoms with Gasteiger partial charge < -0.3 is 4.74 Å².